The van der Waals surface area contributed by atoms with Gasteiger partial charge in [0.05, 0.1) is 5.92 Å². The molecule has 0 saturated heterocycles. The summed E-state index contributed by atoms with van der Waals surface area (Å²) in [6.45, 7) is 1.54. The number of aliphatic carboxylic acids is 2. The molecule has 0 aromatic rings. The van der Waals surface area contributed by atoms with Crippen LogP contribution in [0.1, 0.15) is 13.8 Å². The van der Waals surface area contributed by atoms with Gasteiger partial charge in [-0.3, -0.25) is 14.1 Å². The highest BCUT2D eigenvalue weighted by atomic mass is 32.2. The van der Waals surface area contributed by atoms with E-state index in [0.29, 0.717) is 6.92 Å². The Labute approximate surface area is 86.2 Å². The first-order chi connectivity index (χ1) is 6.05. The number of hydrogen-bond donors (Lipinski definition) is 4. The Morgan fingerprint density at radius 3 is 1.67 bits per heavy atom. The number of carboxylic acid groups (broad SMARTS) is 2. The summed E-state index contributed by atoms with van der Waals surface area (Å²) in [6, 6.07) is 0. The Balaban J connectivity index is 0. The maximum Gasteiger partial charge on any atom is 0.328 e. The van der Waals surface area contributed by atoms with Crippen molar-refractivity contribution < 1.29 is 32.8 Å². The van der Waals surface area contributed by atoms with Gasteiger partial charge in [0.25, 0.3) is 10.1 Å². The van der Waals surface area contributed by atoms with Gasteiger partial charge in [-0.2, -0.15) is 8.42 Å². The SMILES string of the molecule is CC(C(=O)O)C(C)(C(=O)O)S(=O)(=O)O.N. The van der Waals surface area contributed by atoms with Crippen molar-refractivity contribution in [1.29, 1.82) is 0 Å². The first kappa shape index (κ1) is 16.2. The first-order valence-corrected chi connectivity index (χ1v) is 4.92. The van der Waals surface area contributed by atoms with Crippen LogP contribution in [-0.4, -0.2) is 39.9 Å². The van der Waals surface area contributed by atoms with Gasteiger partial charge in [-0.05, 0) is 13.8 Å². The smallest absolute Gasteiger partial charge is 0.328 e. The average Bonchev–Trinajstić information content (AvgIpc) is 1.98. The molecule has 0 rings (SSSR count). The molecule has 90 valence electrons. The van der Waals surface area contributed by atoms with Crippen molar-refractivity contribution in [2.75, 3.05) is 0 Å². The van der Waals surface area contributed by atoms with Gasteiger partial charge in [-0.15, -0.1) is 0 Å². The molecule has 6 N–H and O–H groups in total. The van der Waals surface area contributed by atoms with Gasteiger partial charge >= 0.3 is 11.9 Å². The lowest BCUT2D eigenvalue weighted by Gasteiger charge is -2.24. The third-order valence-corrected chi connectivity index (χ3v) is 3.76. The Hall–Kier alpha value is -1.19. The van der Waals surface area contributed by atoms with Crippen LogP contribution in [-0.2, 0) is 19.7 Å². The van der Waals surface area contributed by atoms with E-state index in [1.807, 2.05) is 0 Å². The van der Waals surface area contributed by atoms with E-state index >= 15 is 0 Å². The summed E-state index contributed by atoms with van der Waals surface area (Å²) >= 11 is 0. The van der Waals surface area contributed by atoms with E-state index in [2.05, 4.69) is 0 Å². The van der Waals surface area contributed by atoms with Gasteiger partial charge in [-0.25, -0.2) is 0 Å². The van der Waals surface area contributed by atoms with Crippen LogP contribution in [0, 0.1) is 5.92 Å². The van der Waals surface area contributed by atoms with Crippen molar-refractivity contribution in [3.05, 3.63) is 0 Å². The number of carbonyl (C=O) groups is 2. The van der Waals surface area contributed by atoms with Crippen LogP contribution in [0.15, 0.2) is 0 Å². The van der Waals surface area contributed by atoms with E-state index in [1.54, 1.807) is 0 Å². The number of hydrogen-bond acceptors (Lipinski definition) is 5. The van der Waals surface area contributed by atoms with Gasteiger partial charge in [0.2, 0.25) is 4.75 Å². The zero-order valence-corrected chi connectivity index (χ0v) is 8.98. The molecule has 0 saturated carbocycles. The third kappa shape index (κ3) is 2.64. The second kappa shape index (κ2) is 4.55. The van der Waals surface area contributed by atoms with E-state index in [4.69, 9.17) is 14.8 Å². The summed E-state index contributed by atoms with van der Waals surface area (Å²) < 4.78 is 27.4. The van der Waals surface area contributed by atoms with Gasteiger partial charge in [0.15, 0.2) is 0 Å². The van der Waals surface area contributed by atoms with Crippen molar-refractivity contribution >= 4 is 22.1 Å². The normalized spacial score (nSPS) is 17.0. The molecule has 9 heteroatoms. The average molecular weight is 243 g/mol. The predicted molar refractivity (Wildman–Crippen MR) is 49.4 cm³/mol. The highest BCUT2D eigenvalue weighted by Crippen LogP contribution is 2.26. The monoisotopic (exact) mass is 243 g/mol. The summed E-state index contributed by atoms with van der Waals surface area (Å²) in [5, 5.41) is 17.1. The molecule has 0 heterocycles. The molecule has 0 aromatic carbocycles. The van der Waals surface area contributed by atoms with Crippen LogP contribution in [0.25, 0.3) is 0 Å². The molecular weight excluding hydrogens is 230 g/mol. The summed E-state index contributed by atoms with van der Waals surface area (Å²) in [7, 11) is -4.99. The molecule has 15 heavy (non-hydrogen) atoms. The maximum absolute atomic E-state index is 10.8. The van der Waals surface area contributed by atoms with Crippen molar-refractivity contribution in [3.8, 4) is 0 Å². The highest BCUT2D eigenvalue weighted by molar-refractivity contribution is 7.88. The van der Waals surface area contributed by atoms with Crippen LogP contribution < -0.4 is 6.15 Å². The number of rotatable bonds is 4. The summed E-state index contributed by atoms with van der Waals surface area (Å²) in [4.78, 5) is 21.1. The third-order valence-electron chi connectivity index (χ3n) is 2.16. The molecule has 0 spiro atoms. The largest absolute Gasteiger partial charge is 0.481 e. The lowest BCUT2D eigenvalue weighted by atomic mass is 9.95. The van der Waals surface area contributed by atoms with Crippen LogP contribution in [0.5, 0.6) is 0 Å². The summed E-state index contributed by atoms with van der Waals surface area (Å²) in [5.41, 5.74) is 0. The molecule has 2 atom stereocenters. The molecule has 8 nitrogen and oxygen atoms in total. The van der Waals surface area contributed by atoms with Crippen LogP contribution >= 0.6 is 0 Å². The molecule has 0 aliphatic carbocycles. The van der Waals surface area contributed by atoms with Gasteiger partial charge in [0.1, 0.15) is 0 Å². The quantitative estimate of drug-likeness (QED) is 0.484. The van der Waals surface area contributed by atoms with Crippen LogP contribution in [0.2, 0.25) is 0 Å². The van der Waals surface area contributed by atoms with Crippen molar-refractivity contribution in [2.24, 2.45) is 5.92 Å². The molecular formula is C6H13NO7S. The maximum atomic E-state index is 10.8. The Kier molecular flexibility index (Phi) is 4.93. The fourth-order valence-corrected chi connectivity index (χ4v) is 1.52. The summed E-state index contributed by atoms with van der Waals surface area (Å²) in [6.07, 6.45) is 0. The van der Waals surface area contributed by atoms with Crippen LogP contribution in [0.4, 0.5) is 0 Å². The fourth-order valence-electron chi connectivity index (χ4n) is 0.755. The highest BCUT2D eigenvalue weighted by Gasteiger charge is 2.53. The van der Waals surface area contributed by atoms with Gasteiger partial charge < -0.3 is 16.4 Å². The Morgan fingerprint density at radius 1 is 1.27 bits per heavy atom. The molecule has 0 amide bonds. The van der Waals surface area contributed by atoms with Crippen molar-refractivity contribution in [2.45, 2.75) is 18.6 Å². The number of carboxylic acids is 2. The lowest BCUT2D eigenvalue weighted by molar-refractivity contribution is -0.150. The van der Waals surface area contributed by atoms with E-state index in [1.165, 1.54) is 0 Å². The Bertz CT molecular complexity index is 362. The van der Waals surface area contributed by atoms with Gasteiger partial charge in [0, 0.05) is 0 Å². The van der Waals surface area contributed by atoms with Crippen molar-refractivity contribution in [1.82, 2.24) is 6.15 Å². The van der Waals surface area contributed by atoms with Crippen LogP contribution in [0.3, 0.4) is 0 Å². The zero-order valence-electron chi connectivity index (χ0n) is 8.17. The van der Waals surface area contributed by atoms with E-state index in [-0.39, 0.29) is 6.15 Å². The Morgan fingerprint density at radius 2 is 1.60 bits per heavy atom. The molecule has 2 unspecified atom stereocenters. The summed E-state index contributed by atoms with van der Waals surface area (Å²) in [5.74, 6) is -5.28. The molecule has 0 fully saturated rings. The van der Waals surface area contributed by atoms with E-state index in [9.17, 15) is 18.0 Å². The molecule has 0 radical (unpaired) electrons. The molecule has 0 aromatic heterocycles. The van der Waals surface area contributed by atoms with Gasteiger partial charge in [-0.1, -0.05) is 0 Å². The first-order valence-electron chi connectivity index (χ1n) is 3.48. The van der Waals surface area contributed by atoms with E-state index in [0.717, 1.165) is 6.92 Å². The standard InChI is InChI=1S/C6H10O7S.H3N/c1-3(4(7)8)6(2,5(9)10)14(11,12)13;/h3H,1-2H3,(H,7,8)(H,9,10)(H,11,12,13);1H3. The predicted octanol–water partition coefficient (Wildman–Crippen LogP) is -0.400. The topological polar surface area (TPSA) is 164 Å². The minimum Gasteiger partial charge on any atom is -0.481 e. The molecule has 0 bridgehead atoms. The minimum absolute atomic E-state index is 0. The lowest BCUT2D eigenvalue weighted by Crippen LogP contribution is -2.51. The fraction of sp³-hybridized carbons (Fsp3) is 0.667. The second-order valence-corrected chi connectivity index (χ2v) is 4.75. The van der Waals surface area contributed by atoms with Crippen molar-refractivity contribution in [3.63, 3.8) is 0 Å². The van der Waals surface area contributed by atoms with E-state index < -0.39 is 32.7 Å². The second-order valence-electron chi connectivity index (χ2n) is 2.95. The zero-order chi connectivity index (χ0) is 11.7. The minimum atomic E-state index is -4.99. The molecule has 0 aliphatic heterocycles. The molecule has 0 aliphatic rings.